The van der Waals surface area contributed by atoms with Crippen LogP contribution in [0.2, 0.25) is 0 Å². The van der Waals surface area contributed by atoms with E-state index < -0.39 is 56.4 Å². The zero-order valence-electron chi connectivity index (χ0n) is 27.7. The molecule has 1 heterocycles. The Morgan fingerprint density at radius 2 is 1.72 bits per heavy atom. The number of halogens is 4. The van der Waals surface area contributed by atoms with E-state index in [9.17, 15) is 31.8 Å². The minimum atomic E-state index is -4.95. The first kappa shape index (κ1) is 35.4. The largest absolute Gasteiger partial charge is 0.496 e. The van der Waals surface area contributed by atoms with Gasteiger partial charge in [-0.3, -0.25) is 24.4 Å². The number of esters is 1. The van der Waals surface area contributed by atoms with Crippen LogP contribution in [-0.4, -0.2) is 56.2 Å². The van der Waals surface area contributed by atoms with Gasteiger partial charge in [-0.1, -0.05) is 6.07 Å². The van der Waals surface area contributed by atoms with Crippen molar-refractivity contribution in [3.8, 4) is 17.0 Å². The number of hydrogen-bond donors (Lipinski definition) is 2. The Morgan fingerprint density at radius 3 is 2.38 bits per heavy atom. The molecule has 0 spiro atoms. The number of alkyl halides is 3. The highest BCUT2D eigenvalue weighted by atomic mass is 32.2. The van der Waals surface area contributed by atoms with Gasteiger partial charge in [-0.05, 0) is 82.6 Å². The Labute approximate surface area is 288 Å². The second kappa shape index (κ2) is 13.4. The molecule has 0 saturated heterocycles. The van der Waals surface area contributed by atoms with Gasteiger partial charge in [0.05, 0.1) is 42.1 Å². The number of nitrogens with zero attached hydrogens (tertiary/aromatic N) is 2. The Kier molecular flexibility index (Phi) is 9.48. The number of hydrogen-bond acceptors (Lipinski definition) is 8. The van der Waals surface area contributed by atoms with Gasteiger partial charge in [0, 0.05) is 40.4 Å². The van der Waals surface area contributed by atoms with Crippen molar-refractivity contribution in [1.82, 2.24) is 15.3 Å². The van der Waals surface area contributed by atoms with E-state index in [2.05, 4.69) is 20.6 Å². The van der Waals surface area contributed by atoms with Crippen LogP contribution in [0.15, 0.2) is 53.7 Å². The Morgan fingerprint density at radius 1 is 0.980 bits per heavy atom. The normalized spacial score (nSPS) is 24.7. The van der Waals surface area contributed by atoms with Crippen LogP contribution in [0.1, 0.15) is 68.4 Å². The molecule has 3 saturated carbocycles. The number of amides is 2. The van der Waals surface area contributed by atoms with Crippen LogP contribution in [0.5, 0.6) is 5.75 Å². The van der Waals surface area contributed by atoms with E-state index in [1.807, 2.05) is 0 Å². The number of ether oxygens (including phenoxy) is 2. The molecule has 50 heavy (non-hydrogen) atoms. The third kappa shape index (κ3) is 7.37. The highest BCUT2D eigenvalue weighted by molar-refractivity contribution is 7.86. The summed E-state index contributed by atoms with van der Waals surface area (Å²) in [7, 11) is -1.97. The fourth-order valence-corrected chi connectivity index (χ4v) is 7.78. The van der Waals surface area contributed by atoms with Crippen LogP contribution in [0.25, 0.3) is 11.3 Å². The first-order chi connectivity index (χ1) is 23.5. The molecule has 0 radical (unpaired) electrons. The van der Waals surface area contributed by atoms with Crippen molar-refractivity contribution in [2.75, 3.05) is 12.4 Å². The van der Waals surface area contributed by atoms with Gasteiger partial charge in [0.15, 0.2) is 10.8 Å². The summed E-state index contributed by atoms with van der Waals surface area (Å²) < 4.78 is 77.1. The molecule has 2 N–H and O–H groups in total. The number of nitrogens with one attached hydrogen (secondary N) is 2. The minimum absolute atomic E-state index is 0.00576. The number of benzene rings is 2. The van der Waals surface area contributed by atoms with Gasteiger partial charge in [-0.2, -0.15) is 13.2 Å². The lowest BCUT2D eigenvalue weighted by atomic mass is 9.83. The van der Waals surface area contributed by atoms with E-state index in [-0.39, 0.29) is 57.9 Å². The summed E-state index contributed by atoms with van der Waals surface area (Å²) in [6.07, 6.45) is 5.60. The molecule has 0 aliphatic heterocycles. The van der Waals surface area contributed by atoms with E-state index >= 15 is 4.39 Å². The summed E-state index contributed by atoms with van der Waals surface area (Å²) in [5.74, 6) is -3.42. The maximum absolute atomic E-state index is 15.3. The van der Waals surface area contributed by atoms with Gasteiger partial charge in [0.25, 0.3) is 5.91 Å². The molecule has 266 valence electrons. The van der Waals surface area contributed by atoms with E-state index in [0.717, 1.165) is 31.0 Å². The lowest BCUT2D eigenvalue weighted by Gasteiger charge is -2.31. The van der Waals surface area contributed by atoms with Crippen LogP contribution in [0, 0.1) is 29.5 Å². The number of rotatable bonds is 9. The van der Waals surface area contributed by atoms with Gasteiger partial charge < -0.3 is 20.1 Å². The number of carbonyl (C=O) groups is 3. The second-order valence-corrected chi connectivity index (χ2v) is 15.4. The van der Waals surface area contributed by atoms with Gasteiger partial charge in [0.2, 0.25) is 5.91 Å². The predicted molar refractivity (Wildman–Crippen MR) is 174 cm³/mol. The van der Waals surface area contributed by atoms with E-state index in [4.69, 9.17) is 9.47 Å². The maximum atomic E-state index is 15.3. The fraction of sp³-hybridized carbons (Fsp3) is 0.457. The average molecular weight is 717 g/mol. The van der Waals surface area contributed by atoms with Crippen LogP contribution >= 0.6 is 0 Å². The lowest BCUT2D eigenvalue weighted by molar-refractivity contribution is -0.156. The van der Waals surface area contributed by atoms with Crippen LogP contribution in [-0.2, 0) is 25.1 Å². The molecule has 3 aliphatic rings. The van der Waals surface area contributed by atoms with Crippen molar-refractivity contribution in [1.29, 1.82) is 0 Å². The molecule has 2 aromatic carbocycles. The Hall–Kier alpha value is -4.40. The molecular weight excluding hydrogens is 680 g/mol. The molecule has 6 unspecified atom stereocenters. The Balaban J connectivity index is 1.18. The van der Waals surface area contributed by atoms with Crippen molar-refractivity contribution in [3.63, 3.8) is 0 Å². The van der Waals surface area contributed by atoms with Crippen LogP contribution in [0.4, 0.5) is 23.2 Å². The Bertz CT molecular complexity index is 1850. The van der Waals surface area contributed by atoms with E-state index in [1.165, 1.54) is 37.7 Å². The van der Waals surface area contributed by atoms with Crippen LogP contribution in [0.3, 0.4) is 0 Å². The standard InChI is InChI=1S/C35H36F4N4O6S/c1-34(2,3)49-33(46)22-12-21(22)26-15-41-27(16-40-26)23-13-24(28(48-4)14-25(23)36)31(44)43-30-18-9-8-17(10-18)29(30)32(45)42-19-6-5-7-20(11-19)50(47)35(37,38)39/h5-7,11,13-18,21-22,29-30H,8-10,12H2,1-4H3,(H,42,45)(H,43,44)/t17?,18?,21-,22?,29?,30?,50?/m1/s1. The van der Waals surface area contributed by atoms with Crippen molar-refractivity contribution >= 4 is 34.3 Å². The number of carbonyl (C=O) groups excluding carboxylic acids is 3. The molecule has 2 bridgehead atoms. The van der Waals surface area contributed by atoms with Gasteiger partial charge in [-0.25, -0.2) is 8.60 Å². The first-order valence-corrected chi connectivity index (χ1v) is 17.3. The van der Waals surface area contributed by atoms with Crippen molar-refractivity contribution in [2.24, 2.45) is 23.7 Å². The average Bonchev–Trinajstić information content (AvgIpc) is 3.61. The summed E-state index contributed by atoms with van der Waals surface area (Å²) in [5, 5.41) is 5.60. The summed E-state index contributed by atoms with van der Waals surface area (Å²) in [6.45, 7) is 5.38. The highest BCUT2D eigenvalue weighted by Crippen LogP contribution is 2.50. The van der Waals surface area contributed by atoms with Crippen molar-refractivity contribution in [3.05, 3.63) is 65.9 Å². The minimum Gasteiger partial charge on any atom is -0.496 e. The molecule has 10 nitrogen and oxygen atoms in total. The third-order valence-corrected chi connectivity index (χ3v) is 10.5. The van der Waals surface area contributed by atoms with E-state index in [1.54, 1.807) is 20.8 Å². The molecule has 7 atom stereocenters. The fourth-order valence-electron chi connectivity index (χ4n) is 7.08. The second-order valence-electron chi connectivity index (χ2n) is 13.9. The lowest BCUT2D eigenvalue weighted by Crippen LogP contribution is -2.48. The number of aromatic nitrogens is 2. The van der Waals surface area contributed by atoms with Gasteiger partial charge in [0.1, 0.15) is 17.2 Å². The molecular formula is C35H36F4N4O6S. The molecule has 3 aromatic rings. The smallest absolute Gasteiger partial charge is 0.475 e. The van der Waals surface area contributed by atoms with Crippen molar-refractivity contribution in [2.45, 2.75) is 74.4 Å². The van der Waals surface area contributed by atoms with Gasteiger partial charge in [-0.15, -0.1) is 0 Å². The number of methoxy groups -OCH3 is 1. The predicted octanol–water partition coefficient (Wildman–Crippen LogP) is 6.15. The van der Waals surface area contributed by atoms with Gasteiger partial charge >= 0.3 is 11.5 Å². The molecule has 2 amide bonds. The van der Waals surface area contributed by atoms with Crippen molar-refractivity contribution < 1.29 is 45.6 Å². The molecule has 6 rings (SSSR count). The quantitative estimate of drug-likeness (QED) is 0.199. The highest BCUT2D eigenvalue weighted by Gasteiger charge is 2.52. The molecule has 3 aliphatic carbocycles. The number of anilines is 1. The summed E-state index contributed by atoms with van der Waals surface area (Å²) in [4.78, 5) is 48.0. The maximum Gasteiger partial charge on any atom is 0.475 e. The zero-order chi connectivity index (χ0) is 36.1. The molecule has 1 aromatic heterocycles. The van der Waals surface area contributed by atoms with E-state index in [0.29, 0.717) is 18.5 Å². The monoisotopic (exact) mass is 716 g/mol. The van der Waals surface area contributed by atoms with Crippen LogP contribution < -0.4 is 15.4 Å². The molecule has 15 heteroatoms. The zero-order valence-corrected chi connectivity index (χ0v) is 28.5. The SMILES string of the molecule is COc1cc(F)c(-c2cnc([C@@H]3CC3C(=O)OC(C)(C)C)cn2)cc1C(=O)NC1C2CCC(C2)C1C(=O)Nc1cccc(S(=O)C(F)(F)F)c1. The summed E-state index contributed by atoms with van der Waals surface area (Å²) in [5.41, 5.74) is -4.79. The first-order valence-electron chi connectivity index (χ1n) is 16.2. The topological polar surface area (TPSA) is 137 Å². The summed E-state index contributed by atoms with van der Waals surface area (Å²) in [6, 6.07) is 6.54. The molecule has 3 fully saturated rings. The third-order valence-electron chi connectivity index (χ3n) is 9.40. The number of fused-ring (bicyclic) bond motifs is 2. The summed E-state index contributed by atoms with van der Waals surface area (Å²) >= 11 is 0.